The second kappa shape index (κ2) is 14.7. The van der Waals surface area contributed by atoms with Crippen LogP contribution in [-0.4, -0.2) is 51.3 Å². The maximum atomic E-state index is 12.0. The number of anilines is 1. The maximum Gasteiger partial charge on any atom is 0.294 e. The highest BCUT2D eigenvalue weighted by Gasteiger charge is 2.40. The highest BCUT2D eigenvalue weighted by molar-refractivity contribution is 7.86. The van der Waals surface area contributed by atoms with Crippen molar-refractivity contribution in [1.82, 2.24) is 4.58 Å². The van der Waals surface area contributed by atoms with Gasteiger partial charge in [0.1, 0.15) is 24.6 Å². The fourth-order valence-corrected chi connectivity index (χ4v) is 7.31. The van der Waals surface area contributed by atoms with Gasteiger partial charge in [0.2, 0.25) is 5.36 Å². The zero-order chi connectivity index (χ0) is 35.5. The summed E-state index contributed by atoms with van der Waals surface area (Å²) in [6.45, 7) is 16.6. The zero-order valence-corrected chi connectivity index (χ0v) is 30.9. The number of hydrogen-bond donors (Lipinski definition) is 2. The van der Waals surface area contributed by atoms with Crippen LogP contribution in [-0.2, 0) is 31.1 Å². The van der Waals surface area contributed by atoms with Gasteiger partial charge in [0, 0.05) is 46.8 Å². The SMILES string of the molecule is CCCCCCN1/C(=C/C=C/c2cc(C(C)(C)C)oc3cc(=[N+](CC)CCCS(=O)(=O)O)ccc2-3)C(C)(C)c2cc(S(=O)(=O)O)ccc21. The molecule has 0 unspecified atom stereocenters. The van der Waals surface area contributed by atoms with E-state index in [1.807, 2.05) is 31.2 Å². The molecular formula is C37H51N2O7S2+. The quantitative estimate of drug-likeness (QED) is 0.108. The topological polar surface area (TPSA) is 128 Å². The van der Waals surface area contributed by atoms with Gasteiger partial charge in [-0.2, -0.15) is 16.8 Å². The molecule has 2 N–H and O–H groups in total. The molecule has 9 nitrogen and oxygen atoms in total. The van der Waals surface area contributed by atoms with Gasteiger partial charge >= 0.3 is 0 Å². The Morgan fingerprint density at radius 2 is 1.67 bits per heavy atom. The molecule has 262 valence electrons. The summed E-state index contributed by atoms with van der Waals surface area (Å²) in [6, 6.07) is 12.9. The van der Waals surface area contributed by atoms with E-state index in [2.05, 4.69) is 69.2 Å². The number of rotatable bonds is 13. The molecule has 4 rings (SSSR count). The van der Waals surface area contributed by atoms with Gasteiger partial charge in [0.05, 0.1) is 16.7 Å². The molecule has 1 aliphatic carbocycles. The highest BCUT2D eigenvalue weighted by Crippen LogP contribution is 2.48. The van der Waals surface area contributed by atoms with Crippen molar-refractivity contribution >= 4 is 32.0 Å². The molecule has 48 heavy (non-hydrogen) atoms. The Labute approximate surface area is 286 Å². The van der Waals surface area contributed by atoms with Gasteiger partial charge in [-0.1, -0.05) is 73.0 Å². The largest absolute Gasteiger partial charge is 0.460 e. The lowest BCUT2D eigenvalue weighted by Gasteiger charge is -2.27. The van der Waals surface area contributed by atoms with Crippen molar-refractivity contribution in [3.05, 3.63) is 82.6 Å². The van der Waals surface area contributed by atoms with Crippen LogP contribution in [0.25, 0.3) is 17.4 Å². The maximum absolute atomic E-state index is 12.0. The first kappa shape index (κ1) is 37.6. The number of unbranched alkanes of at least 4 members (excludes halogenated alkanes) is 3. The van der Waals surface area contributed by atoms with Crippen LogP contribution in [0.5, 0.6) is 0 Å². The highest BCUT2D eigenvalue weighted by atomic mass is 32.2. The number of hydrogen-bond acceptors (Lipinski definition) is 6. The number of fused-ring (bicyclic) bond motifs is 2. The van der Waals surface area contributed by atoms with Gasteiger partial charge in [-0.25, -0.2) is 4.58 Å². The lowest BCUT2D eigenvalue weighted by molar-refractivity contribution is 0.404. The first-order valence-corrected chi connectivity index (χ1v) is 19.8. The molecule has 0 radical (unpaired) electrons. The van der Waals surface area contributed by atoms with Crippen LogP contribution >= 0.6 is 0 Å². The summed E-state index contributed by atoms with van der Waals surface area (Å²) in [4.78, 5) is 2.17. The van der Waals surface area contributed by atoms with Crippen molar-refractivity contribution in [3.63, 3.8) is 0 Å². The van der Waals surface area contributed by atoms with Crippen LogP contribution in [0.4, 0.5) is 5.69 Å². The van der Waals surface area contributed by atoms with E-state index < -0.39 is 25.7 Å². The first-order valence-electron chi connectivity index (χ1n) is 16.8. The minimum atomic E-state index is -4.34. The third-order valence-electron chi connectivity index (χ3n) is 9.03. The fraction of sp³-hybridized carbons (Fsp3) is 0.486. The standard InChI is InChI=1S/C37H50N2O7S2/c1-8-10-11-12-22-39-32-20-18-29(48(43,44)45)26-31(32)37(6,7)34(39)16-13-15-27-24-35(36(3,4)5)46-33-25-28(17-19-30(27)33)38(9-2)21-14-23-47(40,41)42/h13,15-20,24-26H,8-12,14,21-23H2,1-7H3,(H-,40,41,42,43,44,45)/p+1. The molecule has 0 spiro atoms. The minimum absolute atomic E-state index is 0.106. The second-order valence-corrected chi connectivity index (χ2v) is 17.1. The van der Waals surface area contributed by atoms with Crippen molar-refractivity contribution in [2.45, 2.75) is 96.3 Å². The van der Waals surface area contributed by atoms with Crippen LogP contribution in [0.1, 0.15) is 97.5 Å². The van der Waals surface area contributed by atoms with E-state index in [9.17, 15) is 25.9 Å². The van der Waals surface area contributed by atoms with E-state index in [4.69, 9.17) is 4.42 Å². The summed E-state index contributed by atoms with van der Waals surface area (Å²) in [5.74, 6) is 1.24. The average molecular weight is 700 g/mol. The summed E-state index contributed by atoms with van der Waals surface area (Å²) in [6.07, 6.45) is 10.9. The fourth-order valence-electron chi connectivity index (χ4n) is 6.31. The average Bonchev–Trinajstić information content (AvgIpc) is 3.20. The minimum Gasteiger partial charge on any atom is -0.460 e. The third kappa shape index (κ3) is 8.85. The molecule has 0 aromatic heterocycles. The Balaban J connectivity index is 1.79. The normalized spacial score (nSPS) is 16.7. The van der Waals surface area contributed by atoms with E-state index in [0.717, 1.165) is 71.4 Å². The van der Waals surface area contributed by atoms with E-state index >= 15 is 0 Å². The first-order chi connectivity index (χ1) is 22.4. The molecular weight excluding hydrogens is 649 g/mol. The smallest absolute Gasteiger partial charge is 0.294 e. The summed E-state index contributed by atoms with van der Waals surface area (Å²) in [5, 5.41) is 0.903. The molecule has 2 aliphatic heterocycles. The van der Waals surface area contributed by atoms with E-state index in [1.165, 1.54) is 6.07 Å². The molecule has 11 heteroatoms. The monoisotopic (exact) mass is 699 g/mol. The molecule has 0 bridgehead atoms. The summed E-state index contributed by atoms with van der Waals surface area (Å²) < 4.78 is 74.0. The van der Waals surface area contributed by atoms with E-state index in [1.54, 1.807) is 12.1 Å². The van der Waals surface area contributed by atoms with Gasteiger partial charge in [-0.15, -0.1) is 0 Å². The van der Waals surface area contributed by atoms with E-state index in [0.29, 0.717) is 25.3 Å². The predicted octanol–water partition coefficient (Wildman–Crippen LogP) is 7.27. The Morgan fingerprint density at radius 3 is 2.29 bits per heavy atom. The molecule has 2 heterocycles. The second-order valence-electron chi connectivity index (χ2n) is 14.1. The van der Waals surface area contributed by atoms with Gasteiger partial charge in [0.25, 0.3) is 20.2 Å². The molecule has 0 saturated heterocycles. The van der Waals surface area contributed by atoms with Crippen LogP contribution < -0.4 is 14.8 Å². The lowest BCUT2D eigenvalue weighted by Crippen LogP contribution is -2.31. The van der Waals surface area contributed by atoms with Crippen molar-refractivity contribution in [3.8, 4) is 11.3 Å². The van der Waals surface area contributed by atoms with Crippen LogP contribution in [0.3, 0.4) is 0 Å². The molecule has 0 atom stereocenters. The molecule has 0 amide bonds. The molecule has 1 aromatic carbocycles. The Morgan fingerprint density at radius 1 is 0.938 bits per heavy atom. The van der Waals surface area contributed by atoms with Gasteiger partial charge in [0.15, 0.2) is 0 Å². The number of benzene rings is 2. The summed E-state index contributed by atoms with van der Waals surface area (Å²) in [5.41, 5.74) is 3.99. The lowest BCUT2D eigenvalue weighted by atomic mass is 9.83. The van der Waals surface area contributed by atoms with Crippen molar-refractivity contribution < 1.29 is 30.4 Å². The third-order valence-corrected chi connectivity index (χ3v) is 10.7. The Hall–Kier alpha value is -3.25. The van der Waals surface area contributed by atoms with Crippen molar-refractivity contribution in [2.75, 3.05) is 30.3 Å². The van der Waals surface area contributed by atoms with Crippen LogP contribution in [0.15, 0.2) is 69.6 Å². The van der Waals surface area contributed by atoms with Crippen molar-refractivity contribution in [1.29, 1.82) is 0 Å². The molecule has 3 aliphatic rings. The van der Waals surface area contributed by atoms with Crippen molar-refractivity contribution in [2.24, 2.45) is 0 Å². The summed E-state index contributed by atoms with van der Waals surface area (Å²) >= 11 is 0. The predicted molar refractivity (Wildman–Crippen MR) is 194 cm³/mol. The molecule has 1 aromatic rings. The molecule has 0 saturated carbocycles. The van der Waals surface area contributed by atoms with Gasteiger partial charge in [-0.3, -0.25) is 9.11 Å². The Bertz CT molecular complexity index is 1950. The zero-order valence-electron chi connectivity index (χ0n) is 29.3. The number of allylic oxidation sites excluding steroid dienone is 3. The van der Waals surface area contributed by atoms with Gasteiger partial charge < -0.3 is 9.32 Å². The molecule has 0 fully saturated rings. The van der Waals surface area contributed by atoms with Gasteiger partial charge in [-0.05, 0) is 60.9 Å². The van der Waals surface area contributed by atoms with E-state index in [-0.39, 0.29) is 16.1 Å². The van der Waals surface area contributed by atoms with Crippen LogP contribution in [0.2, 0.25) is 0 Å². The van der Waals surface area contributed by atoms with Crippen LogP contribution in [0, 0.1) is 0 Å². The Kier molecular flexibility index (Phi) is 11.5. The number of nitrogens with zero attached hydrogens (tertiary/aromatic N) is 2. The summed E-state index contributed by atoms with van der Waals surface area (Å²) in [7, 11) is -8.37.